The zero-order valence-corrected chi connectivity index (χ0v) is 11.3. The van der Waals surface area contributed by atoms with Gasteiger partial charge in [-0.25, -0.2) is 4.39 Å². The van der Waals surface area contributed by atoms with Crippen LogP contribution in [0.3, 0.4) is 0 Å². The van der Waals surface area contributed by atoms with Gasteiger partial charge in [-0.2, -0.15) is 0 Å². The predicted molar refractivity (Wildman–Crippen MR) is 71.9 cm³/mol. The Kier molecular flexibility index (Phi) is 4.27. The summed E-state index contributed by atoms with van der Waals surface area (Å²) in [5, 5.41) is 12.0. The van der Waals surface area contributed by atoms with Gasteiger partial charge in [-0.3, -0.25) is 4.79 Å². The molecular weight excluding hydrogens is 271 g/mol. The molecule has 19 heavy (non-hydrogen) atoms. The summed E-state index contributed by atoms with van der Waals surface area (Å²) in [6.07, 6.45) is -0.245. The molecule has 1 saturated heterocycles. The number of nitrogens with zero attached hydrogens (tertiary/aromatic N) is 1. The first kappa shape index (κ1) is 14.1. The predicted octanol–water partition coefficient (Wildman–Crippen LogP) is 1.55. The van der Waals surface area contributed by atoms with Gasteiger partial charge in [0.15, 0.2) is 0 Å². The van der Waals surface area contributed by atoms with Gasteiger partial charge in [-0.05, 0) is 31.5 Å². The van der Waals surface area contributed by atoms with E-state index in [1.165, 1.54) is 19.1 Å². The molecule has 0 saturated carbocycles. The molecule has 104 valence electrons. The summed E-state index contributed by atoms with van der Waals surface area (Å²) >= 11 is 5.64. The SMILES string of the molecule is C[C@H](O)C(=O)N[C@H]1CCN(c2ccc(Cl)c(F)c2)C1. The molecule has 6 heteroatoms. The largest absolute Gasteiger partial charge is 0.384 e. The van der Waals surface area contributed by atoms with Gasteiger partial charge in [0.05, 0.1) is 5.02 Å². The molecule has 0 radical (unpaired) electrons. The Bertz CT molecular complexity index is 482. The Labute approximate surface area is 116 Å². The zero-order chi connectivity index (χ0) is 14.0. The first-order chi connectivity index (χ1) is 8.97. The molecule has 1 aromatic carbocycles. The zero-order valence-electron chi connectivity index (χ0n) is 10.6. The Morgan fingerprint density at radius 3 is 3.00 bits per heavy atom. The van der Waals surface area contributed by atoms with Gasteiger partial charge in [0.2, 0.25) is 5.91 Å². The third-order valence-electron chi connectivity index (χ3n) is 3.18. The second-order valence-electron chi connectivity index (χ2n) is 4.71. The van der Waals surface area contributed by atoms with Crippen molar-refractivity contribution < 1.29 is 14.3 Å². The smallest absolute Gasteiger partial charge is 0.248 e. The lowest BCUT2D eigenvalue weighted by Crippen LogP contribution is -2.41. The molecule has 0 aromatic heterocycles. The quantitative estimate of drug-likeness (QED) is 0.886. The lowest BCUT2D eigenvalue weighted by Gasteiger charge is -2.19. The van der Waals surface area contributed by atoms with Crippen LogP contribution in [-0.2, 0) is 4.79 Å². The fourth-order valence-corrected chi connectivity index (χ4v) is 2.23. The van der Waals surface area contributed by atoms with E-state index in [2.05, 4.69) is 5.32 Å². The van der Waals surface area contributed by atoms with Crippen molar-refractivity contribution in [2.24, 2.45) is 0 Å². The van der Waals surface area contributed by atoms with Crippen LogP contribution >= 0.6 is 11.6 Å². The molecule has 0 bridgehead atoms. The second-order valence-corrected chi connectivity index (χ2v) is 5.12. The standard InChI is InChI=1S/C13H16ClFN2O2/c1-8(18)13(19)16-9-4-5-17(7-9)10-2-3-11(14)12(15)6-10/h2-3,6,8-9,18H,4-5,7H2,1H3,(H,16,19)/t8-,9-/m0/s1. The van der Waals surface area contributed by atoms with E-state index in [-0.39, 0.29) is 17.0 Å². The molecule has 0 aliphatic carbocycles. The fraction of sp³-hybridized carbons (Fsp3) is 0.462. The fourth-order valence-electron chi connectivity index (χ4n) is 2.12. The van der Waals surface area contributed by atoms with Gasteiger partial charge >= 0.3 is 0 Å². The van der Waals surface area contributed by atoms with Gasteiger partial charge in [-0.1, -0.05) is 11.6 Å². The maximum absolute atomic E-state index is 13.4. The topological polar surface area (TPSA) is 52.6 Å². The van der Waals surface area contributed by atoms with Gasteiger partial charge in [-0.15, -0.1) is 0 Å². The van der Waals surface area contributed by atoms with E-state index in [1.807, 2.05) is 4.90 Å². The number of rotatable bonds is 3. The van der Waals surface area contributed by atoms with E-state index >= 15 is 0 Å². The molecule has 0 unspecified atom stereocenters. The van der Waals surface area contributed by atoms with Crippen molar-refractivity contribution in [1.29, 1.82) is 0 Å². The number of amides is 1. The number of halogens is 2. The van der Waals surface area contributed by atoms with Crippen molar-refractivity contribution in [3.8, 4) is 0 Å². The average Bonchev–Trinajstić information content (AvgIpc) is 2.81. The molecule has 0 spiro atoms. The maximum atomic E-state index is 13.4. The number of anilines is 1. The molecule has 1 aliphatic rings. The van der Waals surface area contributed by atoms with Crippen LogP contribution in [0, 0.1) is 5.82 Å². The summed E-state index contributed by atoms with van der Waals surface area (Å²) in [5.74, 6) is -0.829. The van der Waals surface area contributed by atoms with Crippen LogP contribution in [0.5, 0.6) is 0 Å². The molecule has 4 nitrogen and oxygen atoms in total. The number of carbonyl (C=O) groups excluding carboxylic acids is 1. The number of hydrogen-bond donors (Lipinski definition) is 2. The Morgan fingerprint density at radius 1 is 1.63 bits per heavy atom. The minimum Gasteiger partial charge on any atom is -0.384 e. The van der Waals surface area contributed by atoms with Gasteiger partial charge in [0.1, 0.15) is 11.9 Å². The van der Waals surface area contributed by atoms with Crippen LogP contribution in [0.4, 0.5) is 10.1 Å². The van der Waals surface area contributed by atoms with Crippen LogP contribution in [0.25, 0.3) is 0 Å². The van der Waals surface area contributed by atoms with Crippen molar-refractivity contribution in [3.05, 3.63) is 29.0 Å². The van der Waals surface area contributed by atoms with Crippen molar-refractivity contribution in [2.45, 2.75) is 25.5 Å². The molecule has 1 heterocycles. The molecule has 2 atom stereocenters. The van der Waals surface area contributed by atoms with Crippen LogP contribution in [-0.4, -0.2) is 36.2 Å². The molecule has 1 aromatic rings. The maximum Gasteiger partial charge on any atom is 0.248 e. The van der Waals surface area contributed by atoms with Crippen molar-refractivity contribution in [2.75, 3.05) is 18.0 Å². The molecule has 1 aliphatic heterocycles. The number of hydrogen-bond acceptors (Lipinski definition) is 3. The molecule has 1 amide bonds. The highest BCUT2D eigenvalue weighted by molar-refractivity contribution is 6.30. The summed E-state index contributed by atoms with van der Waals surface area (Å²) in [4.78, 5) is 13.4. The summed E-state index contributed by atoms with van der Waals surface area (Å²) in [6, 6.07) is 4.64. The summed E-state index contributed by atoms with van der Waals surface area (Å²) in [7, 11) is 0. The van der Waals surface area contributed by atoms with Crippen molar-refractivity contribution in [3.63, 3.8) is 0 Å². The van der Waals surface area contributed by atoms with E-state index in [0.29, 0.717) is 6.54 Å². The number of aliphatic hydroxyl groups is 1. The van der Waals surface area contributed by atoms with E-state index in [9.17, 15) is 9.18 Å². The molecule has 1 fully saturated rings. The first-order valence-electron chi connectivity index (χ1n) is 6.16. The lowest BCUT2D eigenvalue weighted by molar-refractivity contribution is -0.129. The second kappa shape index (κ2) is 5.75. The van der Waals surface area contributed by atoms with Gasteiger partial charge in [0, 0.05) is 24.8 Å². The van der Waals surface area contributed by atoms with E-state index < -0.39 is 11.9 Å². The Morgan fingerprint density at radius 2 is 2.37 bits per heavy atom. The number of benzene rings is 1. The summed E-state index contributed by atoms with van der Waals surface area (Å²) < 4.78 is 13.4. The molecule has 2 N–H and O–H groups in total. The minimum absolute atomic E-state index is 0.0270. The Balaban J connectivity index is 1.98. The normalized spacial score (nSPS) is 20.4. The minimum atomic E-state index is -1.01. The third-order valence-corrected chi connectivity index (χ3v) is 3.49. The van der Waals surface area contributed by atoms with Crippen molar-refractivity contribution >= 4 is 23.2 Å². The molecule has 2 rings (SSSR count). The summed E-state index contributed by atoms with van der Waals surface area (Å²) in [6.45, 7) is 2.75. The number of carbonyl (C=O) groups is 1. The van der Waals surface area contributed by atoms with E-state index in [0.717, 1.165) is 18.7 Å². The highest BCUT2D eigenvalue weighted by atomic mass is 35.5. The third kappa shape index (κ3) is 3.36. The van der Waals surface area contributed by atoms with Crippen LogP contribution in [0.1, 0.15) is 13.3 Å². The van der Waals surface area contributed by atoms with E-state index in [4.69, 9.17) is 16.7 Å². The number of aliphatic hydroxyl groups excluding tert-OH is 1. The van der Waals surface area contributed by atoms with Gasteiger partial charge in [0.25, 0.3) is 0 Å². The monoisotopic (exact) mass is 286 g/mol. The first-order valence-corrected chi connectivity index (χ1v) is 6.53. The summed E-state index contributed by atoms with van der Waals surface area (Å²) in [5.41, 5.74) is 0.746. The Hall–Kier alpha value is -1.33. The highest BCUT2D eigenvalue weighted by Gasteiger charge is 2.25. The van der Waals surface area contributed by atoms with E-state index in [1.54, 1.807) is 6.07 Å². The molecular formula is C13H16ClFN2O2. The van der Waals surface area contributed by atoms with Crippen LogP contribution < -0.4 is 10.2 Å². The van der Waals surface area contributed by atoms with Crippen LogP contribution in [0.2, 0.25) is 5.02 Å². The van der Waals surface area contributed by atoms with Crippen LogP contribution in [0.15, 0.2) is 18.2 Å². The number of nitrogens with one attached hydrogen (secondary N) is 1. The van der Waals surface area contributed by atoms with Gasteiger partial charge < -0.3 is 15.3 Å². The lowest BCUT2D eigenvalue weighted by atomic mass is 10.2. The highest BCUT2D eigenvalue weighted by Crippen LogP contribution is 2.24. The van der Waals surface area contributed by atoms with Crippen molar-refractivity contribution in [1.82, 2.24) is 5.32 Å². The average molecular weight is 287 g/mol.